The number of halogens is 1. The first-order valence-corrected chi connectivity index (χ1v) is 11.5. The van der Waals surface area contributed by atoms with Crippen LogP contribution in [0.1, 0.15) is 36.0 Å². The van der Waals surface area contributed by atoms with Crippen LogP contribution in [-0.2, 0) is 17.8 Å². The molecule has 180 valence electrons. The summed E-state index contributed by atoms with van der Waals surface area (Å²) in [5, 5.41) is 6.73. The highest BCUT2D eigenvalue weighted by atomic mass is 127. The smallest absolute Gasteiger partial charge is 0.213 e. The van der Waals surface area contributed by atoms with Crippen molar-refractivity contribution >= 4 is 29.9 Å². The Hall–Kier alpha value is -2.07. The van der Waals surface area contributed by atoms with Crippen molar-refractivity contribution in [3.05, 3.63) is 53.2 Å². The van der Waals surface area contributed by atoms with Gasteiger partial charge in [0.2, 0.25) is 5.88 Å². The zero-order valence-corrected chi connectivity index (χ0v) is 21.8. The standard InChI is InChI=1S/C25H34N4O3.HI/c1-18-3-7-22(23(11-18)31-17-21-9-10-30-15-21)14-29-25(26-2)28-13-20-6-8-24(27-12-20)32-16-19-4-5-19;/h3,6-8,11-12,19,21H,4-5,9-10,13-17H2,1-2H3,(H2,26,28,29);1H. The van der Waals surface area contributed by atoms with Crippen LogP contribution in [0.2, 0.25) is 0 Å². The van der Waals surface area contributed by atoms with E-state index in [2.05, 4.69) is 45.7 Å². The number of aromatic nitrogens is 1. The fraction of sp³-hybridized carbons (Fsp3) is 0.520. The largest absolute Gasteiger partial charge is 0.493 e. The lowest BCUT2D eigenvalue weighted by Gasteiger charge is -2.17. The minimum Gasteiger partial charge on any atom is -0.493 e. The molecule has 0 amide bonds. The van der Waals surface area contributed by atoms with E-state index in [1.807, 2.05) is 18.3 Å². The second-order valence-corrected chi connectivity index (χ2v) is 8.69. The normalized spacial score (nSPS) is 17.9. The molecule has 0 spiro atoms. The molecule has 2 N–H and O–H groups in total. The van der Waals surface area contributed by atoms with Crippen molar-refractivity contribution < 1.29 is 14.2 Å². The molecular formula is C25H35IN4O3. The number of hydrogen-bond acceptors (Lipinski definition) is 5. The summed E-state index contributed by atoms with van der Waals surface area (Å²) < 4.78 is 17.3. The van der Waals surface area contributed by atoms with E-state index in [4.69, 9.17) is 14.2 Å². The predicted octanol–water partition coefficient (Wildman–Crippen LogP) is 4.08. The van der Waals surface area contributed by atoms with Crippen LogP contribution in [0.4, 0.5) is 0 Å². The maximum absolute atomic E-state index is 6.15. The van der Waals surface area contributed by atoms with Gasteiger partial charge < -0.3 is 24.8 Å². The van der Waals surface area contributed by atoms with Gasteiger partial charge in [-0.05, 0) is 49.3 Å². The SMILES string of the molecule is CN=C(NCc1ccc(OCC2CC2)nc1)NCc1ccc(C)cc1OCC1CCOC1.I. The lowest BCUT2D eigenvalue weighted by Crippen LogP contribution is -2.36. The molecule has 1 aliphatic heterocycles. The topological polar surface area (TPSA) is 77.0 Å². The van der Waals surface area contributed by atoms with E-state index in [0.29, 0.717) is 31.5 Å². The van der Waals surface area contributed by atoms with Crippen LogP contribution >= 0.6 is 24.0 Å². The van der Waals surface area contributed by atoms with E-state index in [9.17, 15) is 0 Å². The zero-order chi connectivity index (χ0) is 22.2. The number of ether oxygens (including phenoxy) is 3. The lowest BCUT2D eigenvalue weighted by atomic mass is 10.1. The molecule has 33 heavy (non-hydrogen) atoms. The van der Waals surface area contributed by atoms with Crippen molar-refractivity contribution in [2.24, 2.45) is 16.8 Å². The zero-order valence-electron chi connectivity index (χ0n) is 19.5. The number of hydrogen-bond donors (Lipinski definition) is 2. The molecule has 0 radical (unpaired) electrons. The van der Waals surface area contributed by atoms with Gasteiger partial charge in [-0.2, -0.15) is 0 Å². The fourth-order valence-electron chi connectivity index (χ4n) is 3.54. The van der Waals surface area contributed by atoms with Crippen LogP contribution in [0.5, 0.6) is 11.6 Å². The third kappa shape index (κ3) is 8.33. The van der Waals surface area contributed by atoms with Crippen LogP contribution in [0.3, 0.4) is 0 Å². The van der Waals surface area contributed by atoms with E-state index in [1.54, 1.807) is 7.05 Å². The number of benzene rings is 1. The van der Waals surface area contributed by atoms with Crippen LogP contribution < -0.4 is 20.1 Å². The summed E-state index contributed by atoms with van der Waals surface area (Å²) in [6.45, 7) is 6.44. The molecule has 2 aliphatic rings. The van der Waals surface area contributed by atoms with E-state index < -0.39 is 0 Å². The van der Waals surface area contributed by atoms with Gasteiger partial charge in [0.05, 0.1) is 19.8 Å². The number of rotatable bonds is 10. The summed E-state index contributed by atoms with van der Waals surface area (Å²) in [4.78, 5) is 8.74. The Kier molecular flexibility index (Phi) is 10.1. The van der Waals surface area contributed by atoms with Gasteiger partial charge in [-0.1, -0.05) is 18.2 Å². The molecule has 7 nitrogen and oxygen atoms in total. The van der Waals surface area contributed by atoms with Crippen molar-refractivity contribution in [1.82, 2.24) is 15.6 Å². The van der Waals surface area contributed by atoms with E-state index >= 15 is 0 Å². The number of nitrogens with one attached hydrogen (secondary N) is 2. The van der Waals surface area contributed by atoms with Crippen LogP contribution in [0.15, 0.2) is 41.5 Å². The molecule has 8 heteroatoms. The molecule has 1 saturated carbocycles. The fourth-order valence-corrected chi connectivity index (χ4v) is 3.54. The maximum atomic E-state index is 6.15. The Morgan fingerprint density at radius 1 is 1.06 bits per heavy atom. The average Bonchev–Trinajstić information content (AvgIpc) is 3.50. The van der Waals surface area contributed by atoms with Crippen LogP contribution in [0.25, 0.3) is 0 Å². The van der Waals surface area contributed by atoms with Gasteiger partial charge in [-0.3, -0.25) is 4.99 Å². The summed E-state index contributed by atoms with van der Waals surface area (Å²) in [6.07, 6.45) is 5.47. The molecule has 1 aromatic heterocycles. The van der Waals surface area contributed by atoms with Gasteiger partial charge in [0.1, 0.15) is 5.75 Å². The van der Waals surface area contributed by atoms with Crippen molar-refractivity contribution in [3.63, 3.8) is 0 Å². The first kappa shape index (κ1) is 25.6. The maximum Gasteiger partial charge on any atom is 0.213 e. The number of nitrogens with zero attached hydrogens (tertiary/aromatic N) is 2. The Morgan fingerprint density at radius 2 is 1.88 bits per heavy atom. The van der Waals surface area contributed by atoms with Crippen LogP contribution in [-0.4, -0.2) is 44.4 Å². The Bertz CT molecular complexity index is 897. The minimum absolute atomic E-state index is 0. The number of aliphatic imine (C=N–C) groups is 1. The summed E-state index contributed by atoms with van der Waals surface area (Å²) in [5.41, 5.74) is 3.37. The van der Waals surface area contributed by atoms with Crippen LogP contribution in [0, 0.1) is 18.8 Å². The summed E-state index contributed by atoms with van der Waals surface area (Å²) in [6, 6.07) is 10.3. The Labute approximate surface area is 213 Å². The van der Waals surface area contributed by atoms with Crippen molar-refractivity contribution in [2.75, 3.05) is 33.5 Å². The molecule has 1 aliphatic carbocycles. The molecule has 1 saturated heterocycles. The highest BCUT2D eigenvalue weighted by Crippen LogP contribution is 2.29. The Balaban J connectivity index is 0.00000306. The van der Waals surface area contributed by atoms with Gasteiger partial charge >= 0.3 is 0 Å². The quantitative estimate of drug-likeness (QED) is 0.257. The van der Waals surface area contributed by atoms with E-state index in [1.165, 1.54) is 18.4 Å². The van der Waals surface area contributed by atoms with Gasteiger partial charge in [-0.25, -0.2) is 4.98 Å². The third-order valence-corrected chi connectivity index (χ3v) is 5.81. The number of aryl methyl sites for hydroxylation is 1. The molecule has 4 rings (SSSR count). The van der Waals surface area contributed by atoms with Crippen molar-refractivity contribution in [2.45, 2.75) is 39.3 Å². The Morgan fingerprint density at radius 3 is 2.58 bits per heavy atom. The molecule has 1 atom stereocenters. The summed E-state index contributed by atoms with van der Waals surface area (Å²) in [5.74, 6) is 3.55. The second kappa shape index (κ2) is 13.0. The van der Waals surface area contributed by atoms with Gasteiger partial charge in [0.25, 0.3) is 0 Å². The van der Waals surface area contributed by atoms with Crippen molar-refractivity contribution in [3.8, 4) is 11.6 Å². The predicted molar refractivity (Wildman–Crippen MR) is 141 cm³/mol. The van der Waals surface area contributed by atoms with Gasteiger partial charge in [-0.15, -0.1) is 24.0 Å². The second-order valence-electron chi connectivity index (χ2n) is 8.69. The first-order chi connectivity index (χ1) is 15.7. The lowest BCUT2D eigenvalue weighted by molar-refractivity contribution is 0.166. The highest BCUT2D eigenvalue weighted by Gasteiger charge is 2.22. The third-order valence-electron chi connectivity index (χ3n) is 5.81. The molecule has 1 aromatic carbocycles. The first-order valence-electron chi connectivity index (χ1n) is 11.5. The molecule has 2 heterocycles. The highest BCUT2D eigenvalue weighted by molar-refractivity contribution is 14.0. The molecule has 1 unspecified atom stereocenters. The monoisotopic (exact) mass is 566 g/mol. The molecule has 0 bridgehead atoms. The average molecular weight is 566 g/mol. The molecule has 2 fully saturated rings. The molecule has 2 aromatic rings. The summed E-state index contributed by atoms with van der Waals surface area (Å²) in [7, 11) is 1.77. The van der Waals surface area contributed by atoms with E-state index in [0.717, 1.165) is 55.0 Å². The minimum atomic E-state index is 0. The van der Waals surface area contributed by atoms with Gasteiger partial charge in [0, 0.05) is 50.5 Å². The van der Waals surface area contributed by atoms with Crippen molar-refractivity contribution in [1.29, 1.82) is 0 Å². The van der Waals surface area contributed by atoms with Gasteiger partial charge in [0.15, 0.2) is 5.96 Å². The number of pyridine rings is 1. The van der Waals surface area contributed by atoms with E-state index in [-0.39, 0.29) is 24.0 Å². The number of guanidine groups is 1. The molecular weight excluding hydrogens is 531 g/mol. The summed E-state index contributed by atoms with van der Waals surface area (Å²) >= 11 is 0.